The first-order valence-electron chi connectivity index (χ1n) is 8.24. The minimum absolute atomic E-state index is 0.153. The first-order valence-corrected chi connectivity index (χ1v) is 9.04. The van der Waals surface area contributed by atoms with Crippen molar-refractivity contribution in [3.05, 3.63) is 52.3 Å². The second kappa shape index (κ2) is 8.06. The maximum absolute atomic E-state index is 13.9. The van der Waals surface area contributed by atoms with Crippen LogP contribution in [0.25, 0.3) is 0 Å². The fraction of sp³-hybridized carbons (Fsp3) is 0.368. The van der Waals surface area contributed by atoms with Crippen molar-refractivity contribution in [2.75, 3.05) is 45.3 Å². The highest BCUT2D eigenvalue weighted by Crippen LogP contribution is 2.36. The van der Waals surface area contributed by atoms with Crippen LogP contribution >= 0.6 is 15.9 Å². The van der Waals surface area contributed by atoms with Crippen LogP contribution in [0, 0.1) is 5.82 Å². The molecule has 0 radical (unpaired) electrons. The monoisotopic (exact) mass is 408 g/mol. The molecule has 2 aromatic carbocycles. The molecule has 1 fully saturated rings. The second-order valence-corrected chi connectivity index (χ2v) is 6.88. The molecule has 0 bridgehead atoms. The van der Waals surface area contributed by atoms with Gasteiger partial charge >= 0.3 is 0 Å². The van der Waals surface area contributed by atoms with Crippen molar-refractivity contribution >= 4 is 21.6 Å². The zero-order valence-electron chi connectivity index (χ0n) is 14.5. The Bertz CT molecular complexity index is 733. The number of hydrogen-bond acceptors (Lipinski definition) is 4. The number of piperazine rings is 1. The third kappa shape index (κ3) is 4.07. The molecule has 3 rings (SSSR count). The van der Waals surface area contributed by atoms with Gasteiger partial charge in [0.1, 0.15) is 5.82 Å². The number of nitrogens with zero attached hydrogens (tertiary/aromatic N) is 2. The average molecular weight is 409 g/mol. The van der Waals surface area contributed by atoms with Gasteiger partial charge in [0, 0.05) is 32.7 Å². The van der Waals surface area contributed by atoms with E-state index in [9.17, 15) is 4.39 Å². The molecule has 0 amide bonds. The molecule has 1 aliphatic rings. The zero-order valence-corrected chi connectivity index (χ0v) is 16.1. The van der Waals surface area contributed by atoms with E-state index in [0.717, 1.165) is 48.5 Å². The summed E-state index contributed by atoms with van der Waals surface area (Å²) in [6.45, 7) is 4.23. The molecule has 4 nitrogen and oxygen atoms in total. The van der Waals surface area contributed by atoms with Crippen molar-refractivity contribution in [2.45, 2.75) is 6.54 Å². The Kier molecular flexibility index (Phi) is 5.81. The quantitative estimate of drug-likeness (QED) is 0.748. The number of ether oxygens (including phenoxy) is 2. The molecular formula is C19H22BrFN2O2. The smallest absolute Gasteiger partial charge is 0.174 e. The largest absolute Gasteiger partial charge is 0.493 e. The summed E-state index contributed by atoms with van der Waals surface area (Å²) < 4.78 is 25.6. The Morgan fingerprint density at radius 3 is 2.40 bits per heavy atom. The highest BCUT2D eigenvalue weighted by atomic mass is 79.9. The summed E-state index contributed by atoms with van der Waals surface area (Å²) in [5, 5.41) is 0. The average Bonchev–Trinajstić information content (AvgIpc) is 2.62. The number of methoxy groups -OCH3 is 2. The van der Waals surface area contributed by atoms with E-state index in [-0.39, 0.29) is 5.82 Å². The first-order chi connectivity index (χ1) is 12.1. The van der Waals surface area contributed by atoms with Crippen molar-refractivity contribution in [2.24, 2.45) is 0 Å². The lowest BCUT2D eigenvalue weighted by atomic mass is 10.1. The summed E-state index contributed by atoms with van der Waals surface area (Å²) in [4.78, 5) is 4.47. The van der Waals surface area contributed by atoms with Crippen LogP contribution in [0.2, 0.25) is 0 Å². The third-order valence-electron chi connectivity index (χ3n) is 4.46. The predicted octanol–water partition coefficient (Wildman–Crippen LogP) is 3.93. The summed E-state index contributed by atoms with van der Waals surface area (Å²) in [7, 11) is 3.27. The lowest BCUT2D eigenvalue weighted by Crippen LogP contribution is -2.46. The highest BCUT2D eigenvalue weighted by molar-refractivity contribution is 9.10. The second-order valence-electron chi connectivity index (χ2n) is 6.03. The van der Waals surface area contributed by atoms with Crippen LogP contribution in [0.5, 0.6) is 11.5 Å². The van der Waals surface area contributed by atoms with Gasteiger partial charge in [-0.2, -0.15) is 0 Å². The van der Waals surface area contributed by atoms with Gasteiger partial charge in [-0.1, -0.05) is 12.1 Å². The molecule has 0 N–H and O–H groups in total. The SMILES string of the molecule is COc1cc(CN2CCN(c3ccccc3F)CC2)cc(Br)c1OC. The van der Waals surface area contributed by atoms with E-state index in [1.54, 1.807) is 20.3 Å². The fourth-order valence-electron chi connectivity index (χ4n) is 3.18. The Balaban J connectivity index is 1.65. The van der Waals surface area contributed by atoms with Gasteiger partial charge in [-0.05, 0) is 45.8 Å². The normalized spacial score (nSPS) is 15.3. The number of para-hydroxylation sites is 1. The molecule has 2 aromatic rings. The molecule has 134 valence electrons. The minimum Gasteiger partial charge on any atom is -0.493 e. The number of benzene rings is 2. The Labute approximate surface area is 156 Å². The predicted molar refractivity (Wildman–Crippen MR) is 101 cm³/mol. The standard InChI is InChI=1S/C19H22BrFN2O2/c1-24-18-12-14(11-15(20)19(18)25-2)13-22-7-9-23(10-8-22)17-6-4-3-5-16(17)21/h3-6,11-12H,7-10,13H2,1-2H3. The van der Waals surface area contributed by atoms with Gasteiger partial charge in [0.25, 0.3) is 0 Å². The highest BCUT2D eigenvalue weighted by Gasteiger charge is 2.20. The van der Waals surface area contributed by atoms with Crippen LogP contribution in [0.4, 0.5) is 10.1 Å². The van der Waals surface area contributed by atoms with Gasteiger partial charge in [-0.25, -0.2) is 4.39 Å². The maximum Gasteiger partial charge on any atom is 0.174 e. The van der Waals surface area contributed by atoms with Crippen LogP contribution in [0.15, 0.2) is 40.9 Å². The molecule has 1 saturated heterocycles. The minimum atomic E-state index is -0.153. The van der Waals surface area contributed by atoms with Crippen molar-refractivity contribution < 1.29 is 13.9 Å². The topological polar surface area (TPSA) is 24.9 Å². The summed E-state index contributed by atoms with van der Waals surface area (Å²) in [5.41, 5.74) is 1.85. The van der Waals surface area contributed by atoms with Gasteiger partial charge < -0.3 is 14.4 Å². The molecule has 0 aromatic heterocycles. The molecule has 0 unspecified atom stereocenters. The third-order valence-corrected chi connectivity index (χ3v) is 5.05. The van der Waals surface area contributed by atoms with E-state index >= 15 is 0 Å². The van der Waals surface area contributed by atoms with Gasteiger partial charge in [0.2, 0.25) is 0 Å². The van der Waals surface area contributed by atoms with Crippen molar-refractivity contribution in [1.29, 1.82) is 0 Å². The molecule has 0 saturated carbocycles. The summed E-state index contributed by atoms with van der Waals surface area (Å²) in [5.74, 6) is 1.27. The summed E-state index contributed by atoms with van der Waals surface area (Å²) >= 11 is 3.54. The van der Waals surface area contributed by atoms with Gasteiger partial charge in [0.15, 0.2) is 11.5 Å². The maximum atomic E-state index is 13.9. The molecule has 1 heterocycles. The van der Waals surface area contributed by atoms with Crippen LogP contribution in [-0.2, 0) is 6.54 Å². The van der Waals surface area contributed by atoms with E-state index in [0.29, 0.717) is 11.4 Å². The van der Waals surface area contributed by atoms with Gasteiger partial charge in [-0.15, -0.1) is 0 Å². The molecule has 1 aliphatic heterocycles. The number of hydrogen-bond donors (Lipinski definition) is 0. The number of rotatable bonds is 5. The summed E-state index contributed by atoms with van der Waals surface area (Å²) in [6.07, 6.45) is 0. The molecule has 6 heteroatoms. The molecular weight excluding hydrogens is 387 g/mol. The molecule has 0 aliphatic carbocycles. The zero-order chi connectivity index (χ0) is 17.8. The Hall–Kier alpha value is -1.79. The molecule has 0 spiro atoms. The Morgan fingerprint density at radius 1 is 1.04 bits per heavy atom. The Morgan fingerprint density at radius 2 is 1.76 bits per heavy atom. The lowest BCUT2D eigenvalue weighted by Gasteiger charge is -2.36. The van der Waals surface area contributed by atoms with Crippen molar-refractivity contribution in [3.8, 4) is 11.5 Å². The van der Waals surface area contributed by atoms with E-state index in [1.165, 1.54) is 6.07 Å². The van der Waals surface area contributed by atoms with Crippen molar-refractivity contribution in [1.82, 2.24) is 4.90 Å². The fourth-order valence-corrected chi connectivity index (χ4v) is 3.83. The summed E-state index contributed by atoms with van der Waals surface area (Å²) in [6, 6.07) is 11.0. The molecule has 25 heavy (non-hydrogen) atoms. The molecule has 0 atom stereocenters. The van der Waals surface area contributed by atoms with E-state index in [4.69, 9.17) is 9.47 Å². The van der Waals surface area contributed by atoms with Crippen LogP contribution in [-0.4, -0.2) is 45.3 Å². The van der Waals surface area contributed by atoms with Crippen LogP contribution in [0.3, 0.4) is 0 Å². The first kappa shape index (κ1) is 18.0. The van der Waals surface area contributed by atoms with E-state index in [2.05, 4.69) is 31.8 Å². The van der Waals surface area contributed by atoms with Crippen LogP contribution in [0.1, 0.15) is 5.56 Å². The number of halogens is 2. The van der Waals surface area contributed by atoms with Gasteiger partial charge in [0.05, 0.1) is 24.4 Å². The van der Waals surface area contributed by atoms with E-state index < -0.39 is 0 Å². The van der Waals surface area contributed by atoms with E-state index in [1.807, 2.05) is 18.2 Å². The van der Waals surface area contributed by atoms with Gasteiger partial charge in [-0.3, -0.25) is 4.90 Å². The number of anilines is 1. The lowest BCUT2D eigenvalue weighted by molar-refractivity contribution is 0.248. The van der Waals surface area contributed by atoms with Crippen molar-refractivity contribution in [3.63, 3.8) is 0 Å². The van der Waals surface area contributed by atoms with Crippen LogP contribution < -0.4 is 14.4 Å².